The van der Waals surface area contributed by atoms with Crippen LogP contribution in [0, 0.1) is 0 Å². The maximum Gasteiger partial charge on any atom is 0.265 e. The van der Waals surface area contributed by atoms with Crippen molar-refractivity contribution in [2.75, 3.05) is 24.3 Å². The minimum atomic E-state index is -4.01. The van der Waals surface area contributed by atoms with Gasteiger partial charge in [-0.25, -0.2) is 8.42 Å². The summed E-state index contributed by atoms with van der Waals surface area (Å²) >= 11 is 5.86. The number of furan rings is 1. The van der Waals surface area contributed by atoms with Gasteiger partial charge in [0.05, 0.1) is 26.9 Å². The molecule has 0 saturated carbocycles. The predicted octanol–water partition coefficient (Wildman–Crippen LogP) is 5.09. The summed E-state index contributed by atoms with van der Waals surface area (Å²) < 4.78 is 44.4. The number of ether oxygens (including phenoxy) is 2. The number of anilines is 2. The molecule has 0 aliphatic rings. The lowest BCUT2D eigenvalue weighted by molar-refractivity contribution is -0.115. The lowest BCUT2D eigenvalue weighted by Gasteiger charge is -2.14. The van der Waals surface area contributed by atoms with Crippen molar-refractivity contribution in [3.63, 3.8) is 0 Å². The molecular formula is C24H21ClN2O6S. The van der Waals surface area contributed by atoms with Gasteiger partial charge in [0.15, 0.2) is 0 Å². The van der Waals surface area contributed by atoms with Crippen LogP contribution in [-0.2, 0) is 21.2 Å². The van der Waals surface area contributed by atoms with Gasteiger partial charge in [0.1, 0.15) is 22.0 Å². The maximum absolute atomic E-state index is 13.0. The smallest absolute Gasteiger partial charge is 0.265 e. The number of hydrogen-bond donors (Lipinski definition) is 2. The lowest BCUT2D eigenvalue weighted by Crippen LogP contribution is -2.17. The maximum atomic E-state index is 13.0. The molecule has 4 aromatic rings. The third kappa shape index (κ3) is 5.11. The average Bonchev–Trinajstić information content (AvgIpc) is 3.22. The molecule has 1 aromatic heterocycles. The van der Waals surface area contributed by atoms with E-state index in [1.54, 1.807) is 49.6 Å². The summed E-state index contributed by atoms with van der Waals surface area (Å²) in [5.41, 5.74) is 1.94. The zero-order chi connectivity index (χ0) is 24.3. The highest BCUT2D eigenvalue weighted by atomic mass is 35.5. The van der Waals surface area contributed by atoms with Crippen LogP contribution < -0.4 is 19.5 Å². The molecule has 10 heteroatoms. The highest BCUT2D eigenvalue weighted by molar-refractivity contribution is 7.92. The molecule has 176 valence electrons. The zero-order valence-corrected chi connectivity index (χ0v) is 19.9. The van der Waals surface area contributed by atoms with E-state index in [9.17, 15) is 13.2 Å². The minimum absolute atomic E-state index is 0.0382. The SMILES string of the molecule is COc1ccc2c(CC(=O)Nc3ccc(OC)c(S(=O)(=O)Nc4ccc(Cl)cc4)c3)coc2c1. The number of carbonyl (C=O) groups is 1. The highest BCUT2D eigenvalue weighted by Crippen LogP contribution is 2.30. The predicted molar refractivity (Wildman–Crippen MR) is 130 cm³/mol. The van der Waals surface area contributed by atoms with Crippen molar-refractivity contribution in [3.8, 4) is 11.5 Å². The van der Waals surface area contributed by atoms with Crippen LogP contribution in [0.5, 0.6) is 11.5 Å². The fourth-order valence-electron chi connectivity index (χ4n) is 3.40. The lowest BCUT2D eigenvalue weighted by atomic mass is 10.1. The summed E-state index contributed by atoms with van der Waals surface area (Å²) in [6.45, 7) is 0. The number of benzene rings is 3. The highest BCUT2D eigenvalue weighted by Gasteiger charge is 2.21. The number of hydrogen-bond acceptors (Lipinski definition) is 6. The van der Waals surface area contributed by atoms with E-state index in [2.05, 4.69) is 10.0 Å². The molecule has 0 aliphatic heterocycles. The van der Waals surface area contributed by atoms with E-state index < -0.39 is 10.0 Å². The number of fused-ring (bicyclic) bond motifs is 1. The summed E-state index contributed by atoms with van der Waals surface area (Å²) in [4.78, 5) is 12.6. The van der Waals surface area contributed by atoms with Crippen molar-refractivity contribution < 1.29 is 27.1 Å². The zero-order valence-electron chi connectivity index (χ0n) is 18.3. The van der Waals surface area contributed by atoms with Crippen molar-refractivity contribution in [1.29, 1.82) is 0 Å². The number of methoxy groups -OCH3 is 2. The van der Waals surface area contributed by atoms with Gasteiger partial charge in [-0.15, -0.1) is 0 Å². The van der Waals surface area contributed by atoms with Crippen LogP contribution in [0.2, 0.25) is 5.02 Å². The first-order valence-electron chi connectivity index (χ1n) is 10.1. The second-order valence-corrected chi connectivity index (χ2v) is 9.41. The van der Waals surface area contributed by atoms with Crippen LogP contribution in [-0.4, -0.2) is 28.5 Å². The summed E-state index contributed by atoms with van der Waals surface area (Å²) in [5, 5.41) is 4.01. The molecule has 2 N–H and O–H groups in total. The normalized spacial score (nSPS) is 11.3. The first kappa shape index (κ1) is 23.5. The van der Waals surface area contributed by atoms with E-state index >= 15 is 0 Å². The Morgan fingerprint density at radius 3 is 2.41 bits per heavy atom. The fourth-order valence-corrected chi connectivity index (χ4v) is 4.78. The fraction of sp³-hybridized carbons (Fsp3) is 0.125. The number of halogens is 1. The van der Waals surface area contributed by atoms with Gasteiger partial charge >= 0.3 is 0 Å². The summed E-state index contributed by atoms with van der Waals surface area (Å²) in [6, 6.07) is 16.0. The molecular weight excluding hydrogens is 480 g/mol. The number of amides is 1. The van der Waals surface area contributed by atoms with Crippen molar-refractivity contribution in [2.24, 2.45) is 0 Å². The van der Waals surface area contributed by atoms with Gasteiger partial charge < -0.3 is 19.2 Å². The van der Waals surface area contributed by atoms with Crippen LogP contribution in [0.25, 0.3) is 11.0 Å². The Morgan fingerprint density at radius 1 is 0.971 bits per heavy atom. The molecule has 34 heavy (non-hydrogen) atoms. The Kier molecular flexibility index (Phi) is 6.67. The molecule has 0 saturated heterocycles. The third-order valence-electron chi connectivity index (χ3n) is 5.05. The van der Waals surface area contributed by atoms with Crippen LogP contribution in [0.4, 0.5) is 11.4 Å². The van der Waals surface area contributed by atoms with Gasteiger partial charge in [0, 0.05) is 33.4 Å². The van der Waals surface area contributed by atoms with Crippen LogP contribution in [0.1, 0.15) is 5.56 Å². The molecule has 8 nitrogen and oxygen atoms in total. The standard InChI is InChI=1S/C24H21ClN2O6S/c1-31-19-8-9-20-15(14-33-22(20)13-19)11-24(28)26-18-7-10-21(32-2)23(12-18)34(29,30)27-17-5-3-16(25)4-6-17/h3-10,12-14,27H,11H2,1-2H3,(H,26,28). The Bertz CT molecular complexity index is 1450. The molecule has 0 aliphatic carbocycles. The second kappa shape index (κ2) is 9.66. The number of rotatable bonds is 8. The number of nitrogens with one attached hydrogen (secondary N) is 2. The van der Waals surface area contributed by atoms with Crippen LogP contribution in [0.3, 0.4) is 0 Å². The molecule has 0 radical (unpaired) electrons. The summed E-state index contributed by atoms with van der Waals surface area (Å²) in [7, 11) is -1.08. The van der Waals surface area contributed by atoms with Gasteiger partial charge in [-0.1, -0.05) is 11.6 Å². The van der Waals surface area contributed by atoms with E-state index in [0.29, 0.717) is 33.3 Å². The van der Waals surface area contributed by atoms with Crippen LogP contribution >= 0.6 is 11.6 Å². The summed E-state index contributed by atoms with van der Waals surface area (Å²) in [5.74, 6) is 0.448. The third-order valence-corrected chi connectivity index (χ3v) is 6.70. The van der Waals surface area contributed by atoms with Crippen molar-refractivity contribution in [2.45, 2.75) is 11.3 Å². The molecule has 0 fully saturated rings. The first-order chi connectivity index (χ1) is 16.3. The Morgan fingerprint density at radius 2 is 1.71 bits per heavy atom. The Balaban J connectivity index is 1.54. The van der Waals surface area contributed by atoms with E-state index in [1.807, 2.05) is 6.07 Å². The molecule has 0 bridgehead atoms. The van der Waals surface area contributed by atoms with E-state index in [1.165, 1.54) is 25.5 Å². The Labute approximate surface area is 201 Å². The average molecular weight is 501 g/mol. The van der Waals surface area contributed by atoms with Crippen molar-refractivity contribution in [1.82, 2.24) is 0 Å². The monoisotopic (exact) mass is 500 g/mol. The molecule has 1 amide bonds. The second-order valence-electron chi connectivity index (χ2n) is 7.33. The molecule has 0 unspecified atom stereocenters. The van der Waals surface area contributed by atoms with Gasteiger partial charge in [-0.3, -0.25) is 9.52 Å². The van der Waals surface area contributed by atoms with E-state index in [4.69, 9.17) is 25.5 Å². The molecule has 0 spiro atoms. The minimum Gasteiger partial charge on any atom is -0.497 e. The van der Waals surface area contributed by atoms with Crippen LogP contribution in [0.15, 0.2) is 76.2 Å². The Hall–Kier alpha value is -3.69. The number of carbonyl (C=O) groups excluding carboxylic acids is 1. The molecule has 3 aromatic carbocycles. The topological polar surface area (TPSA) is 107 Å². The largest absolute Gasteiger partial charge is 0.497 e. The van der Waals surface area contributed by atoms with Gasteiger partial charge in [0.25, 0.3) is 10.0 Å². The van der Waals surface area contributed by atoms with Crippen molar-refractivity contribution in [3.05, 3.63) is 77.5 Å². The molecule has 0 atom stereocenters. The molecule has 1 heterocycles. The quantitative estimate of drug-likeness (QED) is 0.349. The summed E-state index contributed by atoms with van der Waals surface area (Å²) in [6.07, 6.45) is 1.56. The van der Waals surface area contributed by atoms with E-state index in [-0.39, 0.29) is 23.0 Å². The number of sulfonamides is 1. The van der Waals surface area contributed by atoms with Gasteiger partial charge in [-0.2, -0.15) is 0 Å². The first-order valence-corrected chi connectivity index (χ1v) is 12.0. The van der Waals surface area contributed by atoms with Gasteiger partial charge in [0.2, 0.25) is 5.91 Å². The van der Waals surface area contributed by atoms with Crippen molar-refractivity contribution >= 4 is 49.9 Å². The van der Waals surface area contributed by atoms with Gasteiger partial charge in [-0.05, 0) is 54.6 Å². The van der Waals surface area contributed by atoms with E-state index in [0.717, 1.165) is 5.39 Å². The molecule has 4 rings (SSSR count).